The van der Waals surface area contributed by atoms with Gasteiger partial charge in [0.2, 0.25) is 0 Å². The van der Waals surface area contributed by atoms with Crippen LogP contribution in [0.2, 0.25) is 0 Å². The van der Waals surface area contributed by atoms with Crippen molar-refractivity contribution in [2.45, 2.75) is 100 Å². The van der Waals surface area contributed by atoms with E-state index < -0.39 is 19.7 Å². The van der Waals surface area contributed by atoms with Gasteiger partial charge in [-0.2, -0.15) is 0 Å². The Balaban J connectivity index is 1.54. The van der Waals surface area contributed by atoms with Gasteiger partial charge in [-0.1, -0.05) is 114 Å². The Kier molecular flexibility index (Phi) is 15.1. The highest BCUT2D eigenvalue weighted by atomic mass is 32.2. The molecular formula is C46H57NO6S2. The monoisotopic (exact) mass is 783 g/mol. The third kappa shape index (κ3) is 10.2. The van der Waals surface area contributed by atoms with E-state index in [4.69, 9.17) is 10.2 Å². The van der Waals surface area contributed by atoms with Crippen molar-refractivity contribution in [2.24, 2.45) is 0 Å². The van der Waals surface area contributed by atoms with E-state index in [1.54, 1.807) is 24.3 Å². The molecule has 0 unspecified atom stereocenters. The van der Waals surface area contributed by atoms with Gasteiger partial charge in [0, 0.05) is 52.7 Å². The van der Waals surface area contributed by atoms with Gasteiger partial charge in [0.25, 0.3) is 0 Å². The van der Waals surface area contributed by atoms with Crippen LogP contribution in [0.4, 0.5) is 0 Å². The lowest BCUT2D eigenvalue weighted by Gasteiger charge is -2.14. The summed E-state index contributed by atoms with van der Waals surface area (Å²) < 4.78 is 56.8. The van der Waals surface area contributed by atoms with Crippen LogP contribution in [0, 0.1) is 0 Å². The maximum atomic E-state index is 13.6. The topological polar surface area (TPSA) is 114 Å². The molecule has 0 aliphatic heterocycles. The first-order valence-corrected chi connectivity index (χ1v) is 23.1. The van der Waals surface area contributed by atoms with Crippen LogP contribution in [-0.2, 0) is 26.2 Å². The van der Waals surface area contributed by atoms with E-state index in [-0.39, 0.29) is 34.5 Å². The second-order valence-electron chi connectivity index (χ2n) is 14.5. The minimum Gasteiger partial charge on any atom is -0.396 e. The maximum absolute atomic E-state index is 13.6. The van der Waals surface area contributed by atoms with Gasteiger partial charge >= 0.3 is 0 Å². The molecule has 1 heterocycles. The normalized spacial score (nSPS) is 12.1. The Labute approximate surface area is 328 Å². The van der Waals surface area contributed by atoms with Crippen molar-refractivity contribution >= 4 is 52.6 Å². The number of fused-ring (bicyclic) bond motifs is 3. The zero-order valence-corrected chi connectivity index (χ0v) is 33.9. The smallest absolute Gasteiger partial charge is 0.178 e. The van der Waals surface area contributed by atoms with Crippen LogP contribution >= 0.6 is 0 Å². The molecule has 0 aliphatic carbocycles. The summed E-state index contributed by atoms with van der Waals surface area (Å²) in [6.07, 6.45) is 9.94. The average Bonchev–Trinajstić information content (AvgIpc) is 3.50. The SMILES string of the molecule is C=C(c1ccc2c(c1)c1cc(C(=C)c3ccccc3S(=O)(=O)CCCCCCO)ccc1n2CCCCCC)c1ccccc1S(=O)(=O)CCCCCCO. The van der Waals surface area contributed by atoms with Crippen LogP contribution in [0.1, 0.15) is 106 Å². The third-order valence-corrected chi connectivity index (χ3v) is 14.2. The van der Waals surface area contributed by atoms with E-state index in [0.29, 0.717) is 48.0 Å². The summed E-state index contributed by atoms with van der Waals surface area (Å²) in [4.78, 5) is 0.552. The average molecular weight is 784 g/mol. The Morgan fingerprint density at radius 2 is 0.964 bits per heavy atom. The molecule has 0 aliphatic rings. The fraction of sp³-hybridized carbons (Fsp3) is 0.391. The van der Waals surface area contributed by atoms with Gasteiger partial charge in [-0.25, -0.2) is 16.8 Å². The Morgan fingerprint density at radius 3 is 1.40 bits per heavy atom. The second kappa shape index (κ2) is 19.7. The van der Waals surface area contributed by atoms with Gasteiger partial charge in [0.05, 0.1) is 21.3 Å². The van der Waals surface area contributed by atoms with Crippen LogP contribution in [0.25, 0.3) is 33.0 Å². The summed E-state index contributed by atoms with van der Waals surface area (Å²) in [5, 5.41) is 20.2. The molecule has 9 heteroatoms. The molecule has 5 aromatic rings. The first kappa shape index (κ1) is 42.1. The number of unbranched alkanes of at least 4 members (excludes halogenated alkanes) is 9. The number of hydrogen-bond donors (Lipinski definition) is 2. The molecule has 0 amide bonds. The first-order chi connectivity index (χ1) is 26.5. The number of aromatic nitrogens is 1. The van der Waals surface area contributed by atoms with Crippen molar-refractivity contribution in [3.8, 4) is 0 Å². The molecule has 4 aromatic carbocycles. The molecule has 0 fully saturated rings. The number of nitrogens with zero attached hydrogens (tertiary/aromatic N) is 1. The van der Waals surface area contributed by atoms with Crippen molar-refractivity contribution in [3.63, 3.8) is 0 Å². The standard InChI is InChI=1S/C46H57NO6S2/c1-4-5-6-15-28-47-43-26-24-37(35(2)39-20-11-13-22-45(39)54(50,51)31-18-9-7-16-29-48)33-41(43)42-34-38(25-27-44(42)47)36(3)40-21-12-14-23-46(40)55(52,53)32-19-10-8-17-30-49/h11-14,20-27,33-34,48-49H,2-10,15-19,28-32H2,1H3. The molecule has 2 N–H and O–H groups in total. The van der Waals surface area contributed by atoms with E-state index in [0.717, 1.165) is 84.4 Å². The first-order valence-electron chi connectivity index (χ1n) is 19.8. The van der Waals surface area contributed by atoms with Gasteiger partial charge in [-0.3, -0.25) is 0 Å². The molecule has 1 aromatic heterocycles. The van der Waals surface area contributed by atoms with Crippen molar-refractivity contribution in [1.29, 1.82) is 0 Å². The predicted octanol–water partition coefficient (Wildman–Crippen LogP) is 10.2. The van der Waals surface area contributed by atoms with Crippen LogP contribution in [0.5, 0.6) is 0 Å². The summed E-state index contributed by atoms with van der Waals surface area (Å²) in [6.45, 7) is 12.1. The number of hydrogen-bond acceptors (Lipinski definition) is 6. The van der Waals surface area contributed by atoms with E-state index in [1.807, 2.05) is 36.4 Å². The zero-order valence-electron chi connectivity index (χ0n) is 32.3. The number of sulfone groups is 2. The van der Waals surface area contributed by atoms with Crippen LogP contribution in [0.15, 0.2) is 108 Å². The maximum Gasteiger partial charge on any atom is 0.178 e. The number of aliphatic hydroxyl groups is 2. The molecular weight excluding hydrogens is 727 g/mol. The van der Waals surface area contributed by atoms with Crippen LogP contribution in [0.3, 0.4) is 0 Å². The molecule has 0 saturated heterocycles. The molecule has 0 spiro atoms. The van der Waals surface area contributed by atoms with Crippen LogP contribution in [-0.4, -0.2) is 56.3 Å². The molecule has 7 nitrogen and oxygen atoms in total. The van der Waals surface area contributed by atoms with E-state index in [9.17, 15) is 16.8 Å². The van der Waals surface area contributed by atoms with Crippen LogP contribution < -0.4 is 0 Å². The lowest BCUT2D eigenvalue weighted by molar-refractivity contribution is 0.282. The second-order valence-corrected chi connectivity index (χ2v) is 18.7. The summed E-state index contributed by atoms with van der Waals surface area (Å²) in [7, 11) is -7.15. The lowest BCUT2D eigenvalue weighted by atomic mass is 9.96. The number of rotatable bonds is 23. The molecule has 0 atom stereocenters. The fourth-order valence-electron chi connectivity index (χ4n) is 7.44. The number of aryl methyl sites for hydroxylation is 1. The Bertz CT molecular complexity index is 2160. The Hall–Kier alpha value is -4.02. The summed E-state index contributed by atoms with van der Waals surface area (Å²) in [5.74, 6) is 0.0734. The number of aliphatic hydroxyl groups excluding tert-OH is 2. The highest BCUT2D eigenvalue weighted by Gasteiger charge is 2.23. The Morgan fingerprint density at radius 1 is 0.545 bits per heavy atom. The summed E-state index contributed by atoms with van der Waals surface area (Å²) in [5.41, 5.74) is 6.20. The molecule has 55 heavy (non-hydrogen) atoms. The van der Waals surface area contributed by atoms with Crippen molar-refractivity contribution in [2.75, 3.05) is 24.7 Å². The van der Waals surface area contributed by atoms with E-state index >= 15 is 0 Å². The van der Waals surface area contributed by atoms with Gasteiger partial charge in [0.1, 0.15) is 0 Å². The van der Waals surface area contributed by atoms with Gasteiger partial charge in [-0.15, -0.1) is 0 Å². The van der Waals surface area contributed by atoms with Gasteiger partial charge < -0.3 is 14.8 Å². The van der Waals surface area contributed by atoms with Crippen molar-refractivity contribution < 1.29 is 27.0 Å². The summed E-state index contributed by atoms with van der Waals surface area (Å²) in [6, 6.07) is 26.6. The molecule has 5 rings (SSSR count). The molecule has 0 saturated carbocycles. The third-order valence-electron chi connectivity index (χ3n) is 10.5. The largest absolute Gasteiger partial charge is 0.396 e. The van der Waals surface area contributed by atoms with Crippen molar-refractivity contribution in [3.05, 3.63) is 120 Å². The van der Waals surface area contributed by atoms with Gasteiger partial charge in [-0.05, 0) is 90.8 Å². The van der Waals surface area contributed by atoms with E-state index in [2.05, 4.69) is 48.9 Å². The quantitative estimate of drug-likeness (QED) is 0.0638. The molecule has 0 radical (unpaired) electrons. The molecule has 294 valence electrons. The predicted molar refractivity (Wildman–Crippen MR) is 228 cm³/mol. The highest BCUT2D eigenvalue weighted by molar-refractivity contribution is 7.91. The molecule has 0 bridgehead atoms. The highest BCUT2D eigenvalue weighted by Crippen LogP contribution is 2.37. The summed E-state index contributed by atoms with van der Waals surface area (Å²) >= 11 is 0. The minimum absolute atomic E-state index is 0.0367. The van der Waals surface area contributed by atoms with E-state index in [1.165, 1.54) is 6.42 Å². The minimum atomic E-state index is -3.57. The van der Waals surface area contributed by atoms with Gasteiger partial charge in [0.15, 0.2) is 19.7 Å². The fourth-order valence-corrected chi connectivity index (χ4v) is 10.7. The number of benzene rings is 4. The van der Waals surface area contributed by atoms with Crippen molar-refractivity contribution in [1.82, 2.24) is 4.57 Å². The lowest BCUT2D eigenvalue weighted by Crippen LogP contribution is -2.10. The zero-order chi connectivity index (χ0) is 39.4.